The summed E-state index contributed by atoms with van der Waals surface area (Å²) in [5, 5.41) is 10.3. The number of nitrogens with zero attached hydrogens (tertiary/aromatic N) is 5. The van der Waals surface area contributed by atoms with E-state index >= 15 is 4.39 Å². The molecule has 194 valence electrons. The molecule has 0 spiro atoms. The Bertz CT molecular complexity index is 1270. The molecular weight excluding hydrogens is 495 g/mol. The van der Waals surface area contributed by atoms with Crippen molar-refractivity contribution in [3.8, 4) is 22.4 Å². The molecule has 2 fully saturated rings. The van der Waals surface area contributed by atoms with Gasteiger partial charge < -0.3 is 15.7 Å². The van der Waals surface area contributed by atoms with E-state index in [9.17, 15) is 9.90 Å². The fourth-order valence-corrected chi connectivity index (χ4v) is 5.73. The number of aromatic nitrogens is 3. The van der Waals surface area contributed by atoms with Gasteiger partial charge >= 0.3 is 0 Å². The van der Waals surface area contributed by atoms with Crippen LogP contribution in [0.4, 0.5) is 10.2 Å². The lowest BCUT2D eigenvalue weighted by atomic mass is 9.96. The minimum absolute atomic E-state index is 0.0340. The minimum atomic E-state index is -0.695. The van der Waals surface area contributed by atoms with Gasteiger partial charge in [0, 0.05) is 55.1 Å². The van der Waals surface area contributed by atoms with Crippen LogP contribution in [0.1, 0.15) is 42.2 Å². The van der Waals surface area contributed by atoms with Gasteiger partial charge in [-0.25, -0.2) is 19.3 Å². The largest absolute Gasteiger partial charge is 0.391 e. The number of aryl methyl sites for hydroxylation is 1. The Hall–Kier alpha value is -3.14. The van der Waals surface area contributed by atoms with Crippen LogP contribution in [0.5, 0.6) is 0 Å². The van der Waals surface area contributed by atoms with Crippen LogP contribution in [0.15, 0.2) is 36.8 Å². The SMILES string of the molecule is CCc1ncnc(-c2cc(F)c(C(=O)N3CCN(C4CCCC4O)CC3)c(Cl)c2)c1-c1ccc(N)nc1. The van der Waals surface area contributed by atoms with Gasteiger partial charge in [-0.15, -0.1) is 0 Å². The summed E-state index contributed by atoms with van der Waals surface area (Å²) >= 11 is 6.54. The van der Waals surface area contributed by atoms with Gasteiger partial charge in [0.15, 0.2) is 0 Å². The maximum Gasteiger partial charge on any atom is 0.258 e. The van der Waals surface area contributed by atoms with Crippen molar-refractivity contribution in [2.45, 2.75) is 44.8 Å². The van der Waals surface area contributed by atoms with Gasteiger partial charge in [-0.1, -0.05) is 18.5 Å². The van der Waals surface area contributed by atoms with Gasteiger partial charge in [0.1, 0.15) is 18.0 Å². The molecule has 2 aromatic heterocycles. The molecule has 1 aromatic carbocycles. The minimum Gasteiger partial charge on any atom is -0.391 e. The molecule has 1 saturated heterocycles. The number of pyridine rings is 1. The quantitative estimate of drug-likeness (QED) is 0.522. The van der Waals surface area contributed by atoms with Crippen LogP contribution in [0, 0.1) is 5.82 Å². The number of hydrogen-bond acceptors (Lipinski definition) is 7. The Morgan fingerprint density at radius 3 is 2.54 bits per heavy atom. The van der Waals surface area contributed by atoms with Crippen molar-refractivity contribution in [3.63, 3.8) is 0 Å². The molecule has 3 heterocycles. The molecule has 0 bridgehead atoms. The number of hydrogen-bond donors (Lipinski definition) is 2. The van der Waals surface area contributed by atoms with Crippen molar-refractivity contribution in [3.05, 3.63) is 58.9 Å². The molecule has 1 aliphatic carbocycles. The Balaban J connectivity index is 1.42. The van der Waals surface area contributed by atoms with Gasteiger partial charge in [-0.3, -0.25) is 9.69 Å². The smallest absolute Gasteiger partial charge is 0.258 e. The molecule has 1 saturated carbocycles. The zero-order chi connectivity index (χ0) is 26.1. The summed E-state index contributed by atoms with van der Waals surface area (Å²) in [6.45, 7) is 4.18. The molecule has 1 amide bonds. The van der Waals surface area contributed by atoms with Crippen LogP contribution < -0.4 is 5.73 Å². The maximum absolute atomic E-state index is 15.5. The highest BCUT2D eigenvalue weighted by molar-refractivity contribution is 6.34. The van der Waals surface area contributed by atoms with Crippen molar-refractivity contribution >= 4 is 23.3 Å². The number of aliphatic hydroxyl groups is 1. The molecule has 5 rings (SSSR count). The summed E-state index contributed by atoms with van der Waals surface area (Å²) in [5.74, 6) is -0.739. The second kappa shape index (κ2) is 10.7. The molecule has 2 aliphatic rings. The number of benzene rings is 1. The van der Waals surface area contributed by atoms with Crippen molar-refractivity contribution in [1.29, 1.82) is 0 Å². The van der Waals surface area contributed by atoms with Gasteiger partial charge in [0.2, 0.25) is 0 Å². The first-order chi connectivity index (χ1) is 17.9. The number of amides is 1. The number of nitrogen functional groups attached to an aromatic ring is 1. The maximum atomic E-state index is 15.5. The van der Waals surface area contributed by atoms with E-state index < -0.39 is 11.7 Å². The monoisotopic (exact) mass is 524 g/mol. The number of aliphatic hydroxyl groups excluding tert-OH is 1. The third-order valence-electron chi connectivity index (χ3n) is 7.38. The molecule has 0 radical (unpaired) electrons. The van der Waals surface area contributed by atoms with Crippen LogP contribution >= 0.6 is 11.6 Å². The number of carbonyl (C=O) groups excluding carboxylic acids is 1. The molecule has 1 aliphatic heterocycles. The average Bonchev–Trinajstić information content (AvgIpc) is 3.34. The predicted molar refractivity (Wildman–Crippen MR) is 141 cm³/mol. The lowest BCUT2D eigenvalue weighted by Gasteiger charge is -2.39. The number of anilines is 1. The number of piperazine rings is 1. The van der Waals surface area contributed by atoms with Crippen LogP contribution in [0.2, 0.25) is 5.02 Å². The topological polar surface area (TPSA) is 108 Å². The molecule has 10 heteroatoms. The number of rotatable bonds is 5. The number of nitrogens with two attached hydrogens (primary N) is 1. The third kappa shape index (κ3) is 5.03. The lowest BCUT2D eigenvalue weighted by molar-refractivity contribution is 0.0314. The lowest BCUT2D eigenvalue weighted by Crippen LogP contribution is -2.53. The van der Waals surface area contributed by atoms with Crippen LogP contribution in [-0.4, -0.2) is 74.1 Å². The summed E-state index contributed by atoms with van der Waals surface area (Å²) < 4.78 is 15.5. The number of carbonyl (C=O) groups is 1. The fraction of sp³-hybridized carbons (Fsp3) is 0.407. The predicted octanol–water partition coefficient (Wildman–Crippen LogP) is 3.81. The second-order valence-corrected chi connectivity index (χ2v) is 9.99. The highest BCUT2D eigenvalue weighted by atomic mass is 35.5. The summed E-state index contributed by atoms with van der Waals surface area (Å²) in [5.41, 5.74) is 8.82. The fourth-order valence-electron chi connectivity index (χ4n) is 5.44. The van der Waals surface area contributed by atoms with E-state index in [2.05, 4.69) is 19.9 Å². The summed E-state index contributed by atoms with van der Waals surface area (Å²) in [7, 11) is 0. The highest BCUT2D eigenvalue weighted by Gasteiger charge is 2.34. The van der Waals surface area contributed by atoms with E-state index in [0.717, 1.165) is 36.1 Å². The Morgan fingerprint density at radius 1 is 1.14 bits per heavy atom. The van der Waals surface area contributed by atoms with Gasteiger partial charge in [-0.05, 0) is 49.9 Å². The van der Waals surface area contributed by atoms with E-state index in [1.54, 1.807) is 23.2 Å². The molecular formula is C27H30ClFN6O2. The zero-order valence-electron chi connectivity index (χ0n) is 20.7. The van der Waals surface area contributed by atoms with E-state index in [4.69, 9.17) is 17.3 Å². The van der Waals surface area contributed by atoms with E-state index in [0.29, 0.717) is 49.7 Å². The van der Waals surface area contributed by atoms with Crippen LogP contribution in [0.25, 0.3) is 22.4 Å². The summed E-state index contributed by atoms with van der Waals surface area (Å²) in [6, 6.07) is 6.54. The first kappa shape index (κ1) is 25.5. The number of halogens is 2. The van der Waals surface area contributed by atoms with Crippen molar-refractivity contribution in [1.82, 2.24) is 24.8 Å². The Kier molecular flexibility index (Phi) is 7.37. The van der Waals surface area contributed by atoms with Gasteiger partial charge in [-0.2, -0.15) is 0 Å². The van der Waals surface area contributed by atoms with E-state index in [1.807, 2.05) is 13.0 Å². The molecule has 8 nitrogen and oxygen atoms in total. The van der Waals surface area contributed by atoms with Crippen LogP contribution in [-0.2, 0) is 6.42 Å². The first-order valence-electron chi connectivity index (χ1n) is 12.6. The standard InChI is InChI=1S/C27H30ClFN6O2/c1-2-20-24(16-6-7-23(30)31-14-16)26(33-15-32-20)17-12-18(28)25(19(29)13-17)27(37)35-10-8-34(9-11-35)21-4-3-5-22(21)36/h6-7,12-15,21-22,36H,2-5,8-11H2,1H3,(H2,30,31). The van der Waals surface area contributed by atoms with Crippen molar-refractivity contribution < 1.29 is 14.3 Å². The summed E-state index contributed by atoms with van der Waals surface area (Å²) in [6.07, 6.45) is 6.19. The molecule has 3 aromatic rings. The average molecular weight is 525 g/mol. The van der Waals surface area contributed by atoms with Gasteiger partial charge in [0.25, 0.3) is 5.91 Å². The summed E-state index contributed by atoms with van der Waals surface area (Å²) in [4.78, 5) is 30.2. The molecule has 2 unspecified atom stereocenters. The van der Waals surface area contributed by atoms with Gasteiger partial charge in [0.05, 0.1) is 28.1 Å². The molecule has 3 N–H and O–H groups in total. The first-order valence-corrected chi connectivity index (χ1v) is 13.0. The molecule has 2 atom stereocenters. The third-order valence-corrected chi connectivity index (χ3v) is 7.68. The zero-order valence-corrected chi connectivity index (χ0v) is 21.5. The van der Waals surface area contributed by atoms with Crippen molar-refractivity contribution in [2.24, 2.45) is 0 Å². The Morgan fingerprint density at radius 2 is 1.92 bits per heavy atom. The normalized spacial score (nSPS) is 20.4. The van der Waals surface area contributed by atoms with E-state index in [-0.39, 0.29) is 22.7 Å². The Labute approximate surface area is 220 Å². The van der Waals surface area contributed by atoms with Crippen LogP contribution in [0.3, 0.4) is 0 Å². The second-order valence-electron chi connectivity index (χ2n) is 9.58. The molecule has 37 heavy (non-hydrogen) atoms. The van der Waals surface area contributed by atoms with Crippen molar-refractivity contribution in [2.75, 3.05) is 31.9 Å². The van der Waals surface area contributed by atoms with E-state index in [1.165, 1.54) is 12.4 Å². The highest BCUT2D eigenvalue weighted by Crippen LogP contribution is 2.36.